The first kappa shape index (κ1) is 19.9. The molecule has 0 saturated carbocycles. The van der Waals surface area contributed by atoms with Crippen molar-refractivity contribution in [2.75, 3.05) is 6.54 Å². The first-order valence-corrected chi connectivity index (χ1v) is 9.69. The fourth-order valence-electron chi connectivity index (χ4n) is 3.39. The number of carbonyl (C=O) groups excluding carboxylic acids is 2. The van der Waals surface area contributed by atoms with Crippen LogP contribution in [0.2, 0.25) is 10.0 Å². The molecule has 0 aromatic heterocycles. The van der Waals surface area contributed by atoms with Gasteiger partial charge in [-0.2, -0.15) is 0 Å². The Bertz CT molecular complexity index is 774. The molecule has 1 fully saturated rings. The Hall–Kier alpha value is -1.88. The number of nitrogens with one attached hydrogen (secondary N) is 1. The number of Topliss-reactive ketones (excluding diaryl/α,β-unsaturated/α-hetero) is 1. The number of halogens is 2. The van der Waals surface area contributed by atoms with Gasteiger partial charge in [0.25, 0.3) is 0 Å². The molecule has 1 unspecified atom stereocenters. The SMILES string of the molecule is CC(C)NC(=O)CC1C(=O)CN1C(c1ccc(Cl)cc1)c1ccc(Cl)cc1. The standard InChI is InChI=1S/C21H22Cl2N2O2/c1-13(2)24-20(27)11-18-19(26)12-25(18)21(14-3-7-16(22)8-4-14)15-5-9-17(23)10-6-15/h3-10,13,18,21H,11-12H2,1-2H3,(H,24,27). The zero-order chi connectivity index (χ0) is 19.6. The number of hydrogen-bond acceptors (Lipinski definition) is 3. The maximum Gasteiger partial charge on any atom is 0.222 e. The van der Waals surface area contributed by atoms with E-state index >= 15 is 0 Å². The molecule has 0 aliphatic carbocycles. The van der Waals surface area contributed by atoms with Crippen LogP contribution in [0, 0.1) is 0 Å². The maximum atomic E-state index is 12.3. The summed E-state index contributed by atoms with van der Waals surface area (Å²) in [4.78, 5) is 26.5. The summed E-state index contributed by atoms with van der Waals surface area (Å²) >= 11 is 12.1. The number of nitrogens with zero attached hydrogens (tertiary/aromatic N) is 1. The van der Waals surface area contributed by atoms with Crippen molar-refractivity contribution >= 4 is 34.9 Å². The average Bonchev–Trinajstić information content (AvgIpc) is 2.62. The van der Waals surface area contributed by atoms with Crippen molar-refractivity contribution in [3.63, 3.8) is 0 Å². The van der Waals surface area contributed by atoms with Crippen molar-refractivity contribution in [3.8, 4) is 0 Å². The highest BCUT2D eigenvalue weighted by Crippen LogP contribution is 2.36. The minimum Gasteiger partial charge on any atom is -0.354 e. The van der Waals surface area contributed by atoms with Gasteiger partial charge in [-0.25, -0.2) is 0 Å². The molecule has 0 spiro atoms. The Morgan fingerprint density at radius 1 is 1.04 bits per heavy atom. The average molecular weight is 405 g/mol. The molecule has 4 nitrogen and oxygen atoms in total. The van der Waals surface area contributed by atoms with Crippen molar-refractivity contribution in [2.24, 2.45) is 0 Å². The molecule has 1 aliphatic rings. The summed E-state index contributed by atoms with van der Waals surface area (Å²) in [6.07, 6.45) is 0.161. The summed E-state index contributed by atoms with van der Waals surface area (Å²) in [5, 5.41) is 4.17. The zero-order valence-corrected chi connectivity index (χ0v) is 16.8. The van der Waals surface area contributed by atoms with Crippen LogP contribution >= 0.6 is 23.2 Å². The lowest BCUT2D eigenvalue weighted by Crippen LogP contribution is -2.59. The quantitative estimate of drug-likeness (QED) is 0.782. The van der Waals surface area contributed by atoms with Gasteiger partial charge in [0.2, 0.25) is 5.91 Å². The fourth-order valence-corrected chi connectivity index (χ4v) is 3.64. The molecular weight excluding hydrogens is 383 g/mol. The number of hydrogen-bond donors (Lipinski definition) is 1. The molecule has 1 aliphatic heterocycles. The van der Waals surface area contributed by atoms with Crippen molar-refractivity contribution in [1.29, 1.82) is 0 Å². The van der Waals surface area contributed by atoms with Crippen LogP contribution in [-0.4, -0.2) is 35.2 Å². The monoisotopic (exact) mass is 404 g/mol. The Morgan fingerprint density at radius 3 is 1.93 bits per heavy atom. The molecule has 2 aromatic rings. The second-order valence-electron chi connectivity index (χ2n) is 7.09. The molecule has 1 heterocycles. The van der Waals surface area contributed by atoms with Gasteiger partial charge in [-0.05, 0) is 49.2 Å². The van der Waals surface area contributed by atoms with Crippen molar-refractivity contribution in [2.45, 2.75) is 38.4 Å². The molecule has 142 valence electrons. The van der Waals surface area contributed by atoms with E-state index in [1.807, 2.05) is 62.4 Å². The van der Waals surface area contributed by atoms with Crippen molar-refractivity contribution in [3.05, 3.63) is 69.7 Å². The lowest BCUT2D eigenvalue weighted by atomic mass is 9.88. The van der Waals surface area contributed by atoms with Crippen LogP contribution in [0.4, 0.5) is 0 Å². The smallest absolute Gasteiger partial charge is 0.222 e. The molecule has 6 heteroatoms. The van der Waals surface area contributed by atoms with E-state index in [-0.39, 0.29) is 30.2 Å². The van der Waals surface area contributed by atoms with Crippen LogP contribution in [0.25, 0.3) is 0 Å². The van der Waals surface area contributed by atoms with E-state index in [1.54, 1.807) is 0 Å². The predicted molar refractivity (Wildman–Crippen MR) is 108 cm³/mol. The summed E-state index contributed by atoms with van der Waals surface area (Å²) in [7, 11) is 0. The fraction of sp³-hybridized carbons (Fsp3) is 0.333. The van der Waals surface area contributed by atoms with Gasteiger partial charge in [-0.15, -0.1) is 0 Å². The summed E-state index contributed by atoms with van der Waals surface area (Å²) in [5.41, 5.74) is 2.03. The number of rotatable bonds is 6. The second kappa shape index (κ2) is 8.42. The van der Waals surface area contributed by atoms with Crippen LogP contribution in [-0.2, 0) is 9.59 Å². The maximum absolute atomic E-state index is 12.3. The number of carbonyl (C=O) groups is 2. The molecule has 1 atom stereocenters. The van der Waals surface area contributed by atoms with Gasteiger partial charge >= 0.3 is 0 Å². The molecular formula is C21H22Cl2N2O2. The molecule has 1 saturated heterocycles. The number of amides is 1. The topological polar surface area (TPSA) is 49.4 Å². The van der Waals surface area contributed by atoms with Gasteiger partial charge in [-0.1, -0.05) is 47.5 Å². The third-order valence-electron chi connectivity index (χ3n) is 4.64. The second-order valence-corrected chi connectivity index (χ2v) is 7.96. The van der Waals surface area contributed by atoms with Gasteiger partial charge in [0.15, 0.2) is 5.78 Å². The first-order chi connectivity index (χ1) is 12.8. The van der Waals surface area contributed by atoms with E-state index in [4.69, 9.17) is 23.2 Å². The Morgan fingerprint density at radius 2 is 1.52 bits per heavy atom. The van der Waals surface area contributed by atoms with E-state index in [1.165, 1.54) is 0 Å². The van der Waals surface area contributed by atoms with E-state index in [0.717, 1.165) is 11.1 Å². The summed E-state index contributed by atoms with van der Waals surface area (Å²) in [6.45, 7) is 4.13. The lowest BCUT2D eigenvalue weighted by Gasteiger charge is -2.44. The summed E-state index contributed by atoms with van der Waals surface area (Å²) in [5.74, 6) is -0.0270. The number of likely N-dealkylation sites (tertiary alicyclic amines) is 1. The van der Waals surface area contributed by atoms with Crippen LogP contribution in [0.15, 0.2) is 48.5 Å². The van der Waals surface area contributed by atoms with Gasteiger partial charge in [0, 0.05) is 22.5 Å². The molecule has 27 heavy (non-hydrogen) atoms. The molecule has 1 N–H and O–H groups in total. The molecule has 0 bridgehead atoms. The van der Waals surface area contributed by atoms with Crippen LogP contribution in [0.5, 0.6) is 0 Å². The van der Waals surface area contributed by atoms with Gasteiger partial charge in [0.1, 0.15) is 0 Å². The van der Waals surface area contributed by atoms with Crippen molar-refractivity contribution < 1.29 is 9.59 Å². The normalized spacial score (nSPS) is 17.3. The largest absolute Gasteiger partial charge is 0.354 e. The zero-order valence-electron chi connectivity index (χ0n) is 15.3. The highest BCUT2D eigenvalue weighted by atomic mass is 35.5. The Labute approximate surface area is 169 Å². The molecule has 1 amide bonds. The third-order valence-corrected chi connectivity index (χ3v) is 5.15. The number of benzene rings is 2. The Balaban J connectivity index is 1.90. The Kier molecular flexibility index (Phi) is 6.20. The summed E-state index contributed by atoms with van der Waals surface area (Å²) in [6, 6.07) is 14.6. The molecule has 0 radical (unpaired) electrons. The van der Waals surface area contributed by atoms with Crippen LogP contribution < -0.4 is 5.32 Å². The highest BCUT2D eigenvalue weighted by Gasteiger charge is 2.43. The molecule has 2 aromatic carbocycles. The van der Waals surface area contributed by atoms with Crippen molar-refractivity contribution in [1.82, 2.24) is 10.2 Å². The van der Waals surface area contributed by atoms with Crippen LogP contribution in [0.3, 0.4) is 0 Å². The van der Waals surface area contributed by atoms with Crippen LogP contribution in [0.1, 0.15) is 37.4 Å². The third kappa shape index (κ3) is 4.70. The first-order valence-electron chi connectivity index (χ1n) is 8.94. The molecule has 3 rings (SSSR count). The van der Waals surface area contributed by atoms with E-state index < -0.39 is 6.04 Å². The highest BCUT2D eigenvalue weighted by molar-refractivity contribution is 6.30. The minimum atomic E-state index is -0.430. The van der Waals surface area contributed by atoms with E-state index in [0.29, 0.717) is 16.6 Å². The minimum absolute atomic E-state index is 0.0458. The van der Waals surface area contributed by atoms with Gasteiger partial charge in [-0.3, -0.25) is 14.5 Å². The van der Waals surface area contributed by atoms with E-state index in [2.05, 4.69) is 10.2 Å². The van der Waals surface area contributed by atoms with E-state index in [9.17, 15) is 9.59 Å². The number of ketones is 1. The van der Waals surface area contributed by atoms with Gasteiger partial charge < -0.3 is 5.32 Å². The lowest BCUT2D eigenvalue weighted by molar-refractivity contribution is -0.142. The van der Waals surface area contributed by atoms with Gasteiger partial charge in [0.05, 0.1) is 18.6 Å². The summed E-state index contributed by atoms with van der Waals surface area (Å²) < 4.78 is 0. The predicted octanol–water partition coefficient (Wildman–Crippen LogP) is 4.25.